The summed E-state index contributed by atoms with van der Waals surface area (Å²) in [6.07, 6.45) is -1.03. The van der Waals surface area contributed by atoms with Crippen LogP contribution in [-0.4, -0.2) is 63.6 Å². The molecule has 0 saturated carbocycles. The van der Waals surface area contributed by atoms with Crippen LogP contribution in [0.4, 0.5) is 0 Å². The van der Waals surface area contributed by atoms with Crippen LogP contribution in [0.3, 0.4) is 0 Å². The van der Waals surface area contributed by atoms with E-state index in [-0.39, 0.29) is 29.5 Å². The van der Waals surface area contributed by atoms with Gasteiger partial charge in [-0.1, -0.05) is 43.3 Å². The van der Waals surface area contributed by atoms with Crippen LogP contribution in [0.5, 0.6) is 0 Å². The molecule has 2 atom stereocenters. The summed E-state index contributed by atoms with van der Waals surface area (Å²) >= 11 is 0. The van der Waals surface area contributed by atoms with Crippen molar-refractivity contribution in [3.05, 3.63) is 65.2 Å². The summed E-state index contributed by atoms with van der Waals surface area (Å²) in [5, 5.41) is 2.80. The zero-order valence-electron chi connectivity index (χ0n) is 19.1. The summed E-state index contributed by atoms with van der Waals surface area (Å²) in [5.41, 5.74) is 1.77. The lowest BCUT2D eigenvalue weighted by Crippen LogP contribution is -2.40. The fourth-order valence-electron chi connectivity index (χ4n) is 3.49. The average Bonchev–Trinajstić information content (AvgIpc) is 2.83. The van der Waals surface area contributed by atoms with E-state index < -0.39 is 28.0 Å². The Labute approximate surface area is 194 Å². The number of benzene rings is 2. The summed E-state index contributed by atoms with van der Waals surface area (Å²) < 4.78 is 37.8. The molecule has 2 aromatic rings. The molecule has 8 nitrogen and oxygen atoms in total. The number of sulfonamides is 1. The van der Waals surface area contributed by atoms with Gasteiger partial charge in [0.15, 0.2) is 6.10 Å². The molecule has 1 heterocycles. The fraction of sp³-hybridized carbons (Fsp3) is 0.417. The lowest BCUT2D eigenvalue weighted by Gasteiger charge is -2.26. The summed E-state index contributed by atoms with van der Waals surface area (Å²) in [6.45, 7) is 6.75. The summed E-state index contributed by atoms with van der Waals surface area (Å²) in [4.78, 5) is 25.2. The Kier molecular flexibility index (Phi) is 8.23. The topological polar surface area (TPSA) is 102 Å². The Morgan fingerprint density at radius 2 is 1.76 bits per heavy atom. The molecule has 33 heavy (non-hydrogen) atoms. The number of rotatable bonds is 8. The number of amides is 1. The maximum Gasteiger partial charge on any atom is 0.339 e. The highest BCUT2D eigenvalue weighted by Crippen LogP contribution is 2.21. The van der Waals surface area contributed by atoms with E-state index in [0.29, 0.717) is 25.3 Å². The first-order valence-electron chi connectivity index (χ1n) is 10.9. The van der Waals surface area contributed by atoms with Crippen LogP contribution in [0.15, 0.2) is 53.4 Å². The molecule has 1 aliphatic heterocycles. The van der Waals surface area contributed by atoms with Crippen LogP contribution >= 0.6 is 0 Å². The second kappa shape index (κ2) is 10.9. The van der Waals surface area contributed by atoms with Gasteiger partial charge in [-0.25, -0.2) is 13.2 Å². The SMILES string of the molecule is Cc1ccc(S(=O)(=O)N2CCOCC2)cc1C(=O)OC(C)C(=O)NCC(C)c1ccccc1. The first-order valence-corrected chi connectivity index (χ1v) is 12.4. The van der Waals surface area contributed by atoms with E-state index in [0.717, 1.165) is 5.56 Å². The van der Waals surface area contributed by atoms with Gasteiger partial charge in [0.1, 0.15) is 0 Å². The molecule has 1 amide bonds. The lowest BCUT2D eigenvalue weighted by molar-refractivity contribution is -0.129. The standard InChI is InChI=1S/C24H30N2O6S/c1-17-9-10-21(33(29,30)26-11-13-31-14-12-26)15-22(17)24(28)32-19(3)23(27)25-16-18(2)20-7-5-4-6-8-20/h4-10,15,18-19H,11-14,16H2,1-3H3,(H,25,27). The molecule has 178 valence electrons. The Morgan fingerprint density at radius 3 is 2.42 bits per heavy atom. The van der Waals surface area contributed by atoms with Crippen LogP contribution in [0, 0.1) is 6.92 Å². The van der Waals surface area contributed by atoms with Crippen molar-refractivity contribution in [1.29, 1.82) is 0 Å². The molecule has 1 aliphatic rings. The quantitative estimate of drug-likeness (QED) is 0.590. The van der Waals surface area contributed by atoms with Crippen molar-refractivity contribution in [1.82, 2.24) is 9.62 Å². The molecular weight excluding hydrogens is 444 g/mol. The van der Waals surface area contributed by atoms with Gasteiger partial charge in [-0.3, -0.25) is 4.79 Å². The Bertz CT molecular complexity index is 1080. The van der Waals surface area contributed by atoms with Crippen LogP contribution in [0.1, 0.15) is 41.3 Å². The third kappa shape index (κ3) is 6.19. The van der Waals surface area contributed by atoms with Gasteiger partial charge in [0.05, 0.1) is 23.7 Å². The molecular formula is C24H30N2O6S. The van der Waals surface area contributed by atoms with E-state index in [1.165, 1.54) is 23.4 Å². The molecule has 3 rings (SSSR count). The fourth-order valence-corrected chi connectivity index (χ4v) is 4.93. The molecule has 1 saturated heterocycles. The zero-order valence-corrected chi connectivity index (χ0v) is 19.9. The second-order valence-corrected chi connectivity index (χ2v) is 10.0. The van der Waals surface area contributed by atoms with E-state index in [1.807, 2.05) is 37.3 Å². The third-order valence-electron chi connectivity index (χ3n) is 5.64. The van der Waals surface area contributed by atoms with Gasteiger partial charge >= 0.3 is 5.97 Å². The summed E-state index contributed by atoms with van der Waals surface area (Å²) in [6, 6.07) is 14.1. The van der Waals surface area contributed by atoms with Gasteiger partial charge in [0.2, 0.25) is 10.0 Å². The number of nitrogens with zero attached hydrogens (tertiary/aromatic N) is 1. The molecule has 2 aromatic carbocycles. The van der Waals surface area contributed by atoms with Gasteiger partial charge < -0.3 is 14.8 Å². The van der Waals surface area contributed by atoms with Crippen LogP contribution in [-0.2, 0) is 24.3 Å². The maximum atomic E-state index is 12.9. The number of carbonyl (C=O) groups excluding carboxylic acids is 2. The summed E-state index contributed by atoms with van der Waals surface area (Å²) in [5.74, 6) is -1.06. The van der Waals surface area contributed by atoms with Crippen molar-refractivity contribution in [2.24, 2.45) is 0 Å². The number of esters is 1. The van der Waals surface area contributed by atoms with Gasteiger partial charge in [-0.2, -0.15) is 4.31 Å². The minimum atomic E-state index is -3.76. The van der Waals surface area contributed by atoms with Gasteiger partial charge in [-0.05, 0) is 43.0 Å². The van der Waals surface area contributed by atoms with Crippen LogP contribution in [0.25, 0.3) is 0 Å². The largest absolute Gasteiger partial charge is 0.449 e. The van der Waals surface area contributed by atoms with Gasteiger partial charge in [0, 0.05) is 19.6 Å². The molecule has 0 aliphatic carbocycles. The minimum Gasteiger partial charge on any atom is -0.449 e. The minimum absolute atomic E-state index is 0.00994. The predicted molar refractivity (Wildman–Crippen MR) is 124 cm³/mol. The number of hydrogen-bond acceptors (Lipinski definition) is 6. The van der Waals surface area contributed by atoms with Crippen molar-refractivity contribution in [2.45, 2.75) is 37.7 Å². The van der Waals surface area contributed by atoms with Gasteiger partial charge in [0.25, 0.3) is 5.91 Å². The molecule has 2 unspecified atom stereocenters. The third-order valence-corrected chi connectivity index (χ3v) is 7.54. The Balaban J connectivity index is 1.64. The number of ether oxygens (including phenoxy) is 2. The summed E-state index contributed by atoms with van der Waals surface area (Å²) in [7, 11) is -3.76. The van der Waals surface area contributed by atoms with Crippen molar-refractivity contribution in [3.8, 4) is 0 Å². The number of nitrogens with one attached hydrogen (secondary N) is 1. The van der Waals surface area contributed by atoms with Crippen molar-refractivity contribution in [2.75, 3.05) is 32.8 Å². The predicted octanol–water partition coefficient (Wildman–Crippen LogP) is 2.48. The van der Waals surface area contributed by atoms with Crippen LogP contribution < -0.4 is 5.32 Å². The number of morpholine rings is 1. The molecule has 0 bridgehead atoms. The molecule has 9 heteroatoms. The Hall–Kier alpha value is -2.75. The van der Waals surface area contributed by atoms with Crippen molar-refractivity contribution in [3.63, 3.8) is 0 Å². The maximum absolute atomic E-state index is 12.9. The first-order chi connectivity index (χ1) is 15.7. The number of carbonyl (C=O) groups is 2. The Morgan fingerprint density at radius 1 is 1.09 bits per heavy atom. The normalized spacial score (nSPS) is 16.6. The monoisotopic (exact) mass is 474 g/mol. The van der Waals surface area contributed by atoms with E-state index in [4.69, 9.17) is 9.47 Å². The highest BCUT2D eigenvalue weighted by atomic mass is 32.2. The molecule has 1 N–H and O–H groups in total. The highest BCUT2D eigenvalue weighted by Gasteiger charge is 2.28. The van der Waals surface area contributed by atoms with E-state index >= 15 is 0 Å². The van der Waals surface area contributed by atoms with E-state index in [2.05, 4.69) is 5.32 Å². The number of aryl methyl sites for hydroxylation is 1. The second-order valence-electron chi connectivity index (χ2n) is 8.10. The molecule has 0 aromatic heterocycles. The first kappa shape index (κ1) is 24.9. The van der Waals surface area contributed by atoms with Crippen molar-refractivity contribution < 1.29 is 27.5 Å². The van der Waals surface area contributed by atoms with Gasteiger partial charge in [-0.15, -0.1) is 0 Å². The average molecular weight is 475 g/mol. The smallest absolute Gasteiger partial charge is 0.339 e. The van der Waals surface area contributed by atoms with Crippen molar-refractivity contribution >= 4 is 21.9 Å². The van der Waals surface area contributed by atoms with E-state index in [9.17, 15) is 18.0 Å². The zero-order chi connectivity index (χ0) is 24.0. The molecule has 0 spiro atoms. The molecule has 0 radical (unpaired) electrons. The van der Waals surface area contributed by atoms with Crippen LogP contribution in [0.2, 0.25) is 0 Å². The number of hydrogen-bond donors (Lipinski definition) is 1. The van der Waals surface area contributed by atoms with E-state index in [1.54, 1.807) is 13.0 Å². The lowest BCUT2D eigenvalue weighted by atomic mass is 10.0. The highest BCUT2D eigenvalue weighted by molar-refractivity contribution is 7.89. The molecule has 1 fully saturated rings.